The normalized spacial score (nSPS) is 32.2. The second-order valence-electron chi connectivity index (χ2n) is 15.6. The molecule has 0 saturated carbocycles. The van der Waals surface area contributed by atoms with Crippen LogP contribution >= 0.6 is 0 Å². The van der Waals surface area contributed by atoms with Gasteiger partial charge in [-0.1, -0.05) is 6.07 Å². The van der Waals surface area contributed by atoms with E-state index in [1.165, 1.54) is 43.5 Å². The number of phenols is 3. The van der Waals surface area contributed by atoms with Crippen molar-refractivity contribution in [2.45, 2.75) is 92.1 Å². The topological polar surface area (TPSA) is 385 Å². The van der Waals surface area contributed by atoms with Crippen LogP contribution in [0.15, 0.2) is 65.1 Å². The van der Waals surface area contributed by atoms with E-state index >= 15 is 0 Å². The van der Waals surface area contributed by atoms with E-state index in [-0.39, 0.29) is 45.3 Å². The highest BCUT2D eigenvalue weighted by molar-refractivity contribution is 5.89. The molecule has 67 heavy (non-hydrogen) atoms. The zero-order valence-electron chi connectivity index (χ0n) is 35.0. The van der Waals surface area contributed by atoms with Gasteiger partial charge in [-0.05, 0) is 35.9 Å². The van der Waals surface area contributed by atoms with Crippen molar-refractivity contribution in [1.82, 2.24) is 0 Å². The Balaban J connectivity index is 1.09. The van der Waals surface area contributed by atoms with Gasteiger partial charge in [-0.15, -0.1) is 0 Å². The lowest BCUT2D eigenvalue weighted by atomic mass is 9.99. The lowest BCUT2D eigenvalue weighted by Gasteiger charge is -2.39. The van der Waals surface area contributed by atoms with E-state index in [1.807, 2.05) is 0 Å². The Kier molecular flexibility index (Phi) is 15.2. The summed E-state index contributed by atoms with van der Waals surface area (Å²) in [7, 11) is 1.30. The smallest absolute Gasteiger partial charge is 0.402 e. The molecule has 4 heterocycles. The average molecular weight is 950 g/mol. The summed E-state index contributed by atoms with van der Waals surface area (Å²) in [6.45, 7) is -2.15. The number of phenolic OH excluding ortho intramolecular Hbond substituents is 3. The molecule has 24 heteroatoms. The molecule has 3 aliphatic rings. The fourth-order valence-corrected chi connectivity index (χ4v) is 7.34. The molecule has 15 atom stereocenters. The van der Waals surface area contributed by atoms with E-state index in [9.17, 15) is 76.3 Å². The van der Waals surface area contributed by atoms with Crippen LogP contribution in [0.2, 0.25) is 0 Å². The number of fused-ring (bicyclic) bond motifs is 1. The van der Waals surface area contributed by atoms with E-state index in [1.54, 1.807) is 0 Å². The summed E-state index contributed by atoms with van der Waals surface area (Å²) >= 11 is 0. The zero-order chi connectivity index (χ0) is 48.4. The molecule has 14 N–H and O–H groups in total. The summed E-state index contributed by atoms with van der Waals surface area (Å²) in [5, 5.41) is 145. The highest BCUT2D eigenvalue weighted by Gasteiger charge is 2.48. The van der Waals surface area contributed by atoms with Crippen molar-refractivity contribution >= 4 is 23.0 Å². The third-order valence-electron chi connectivity index (χ3n) is 11.1. The minimum Gasteiger partial charge on any atom is -0.507 e. The largest absolute Gasteiger partial charge is 0.507 e. The molecule has 0 bridgehead atoms. The van der Waals surface area contributed by atoms with Crippen molar-refractivity contribution in [3.63, 3.8) is 0 Å². The number of hydrogen-bond donors (Lipinski definition) is 14. The summed E-state index contributed by atoms with van der Waals surface area (Å²) in [6.07, 6.45) is -23.1. The van der Waals surface area contributed by atoms with Crippen LogP contribution in [0.3, 0.4) is 0 Å². The average Bonchev–Trinajstić information content (AvgIpc) is 3.31. The third kappa shape index (κ3) is 10.4. The molecule has 0 aliphatic carbocycles. The van der Waals surface area contributed by atoms with Gasteiger partial charge >= 0.3 is 17.3 Å². The predicted octanol–water partition coefficient (Wildman–Crippen LogP) is -2.69. The van der Waals surface area contributed by atoms with E-state index in [4.69, 9.17) is 42.3 Å². The molecular formula is C43H49O24+. The molecular weight excluding hydrogens is 900 g/mol. The second kappa shape index (κ2) is 20.7. The number of benzene rings is 3. The number of aliphatic hydroxyl groups excluding tert-OH is 11. The standard InChI is InChI=1S/C43H48O24/c1-59-25-8-16(2-6-22(25)62-41-37(56)34(53)31(50)27(13-44)65-41)3-7-30(49)60-15-29-33(52)36(55)39(58)43(67-29)64-26-12-19-23(61-40(26)17-4-5-20(47)21(48)9-17)10-18(46)11-24(19)63-42-38(57)35(54)32(51)28(14-45)66-42/h2-12,27-29,31-39,41-45,50-58H,13-15H2,1H3,(H2-,46,47,48)/p+1/b7-3+/t27-,28-,29-,31-,32-,33-,34+,35+,36+,37-,38-,39-,41-,42-,43-/m1/s1. The summed E-state index contributed by atoms with van der Waals surface area (Å²) in [5.41, 5.74) is 0.277. The van der Waals surface area contributed by atoms with Crippen molar-refractivity contribution in [3.8, 4) is 51.6 Å². The first-order chi connectivity index (χ1) is 31.9. The summed E-state index contributed by atoms with van der Waals surface area (Å²) in [5.74, 6) is -3.24. The fraction of sp³-hybridized carbons (Fsp3) is 0.442. The Labute approximate surface area is 378 Å². The number of carbonyl (C=O) groups excluding carboxylic acids is 1. The molecule has 3 saturated heterocycles. The fourth-order valence-electron chi connectivity index (χ4n) is 7.34. The van der Waals surface area contributed by atoms with E-state index in [2.05, 4.69) is 0 Å². The Morgan fingerprint density at radius 1 is 0.597 bits per heavy atom. The van der Waals surface area contributed by atoms with Crippen molar-refractivity contribution in [2.75, 3.05) is 26.9 Å². The molecule has 3 fully saturated rings. The van der Waals surface area contributed by atoms with Crippen LogP contribution in [-0.4, -0.2) is 197 Å². The second-order valence-corrected chi connectivity index (χ2v) is 15.6. The van der Waals surface area contributed by atoms with E-state index < -0.39 is 135 Å². The number of methoxy groups -OCH3 is 1. The number of rotatable bonds is 14. The van der Waals surface area contributed by atoms with Gasteiger partial charge in [-0.3, -0.25) is 0 Å². The van der Waals surface area contributed by atoms with Crippen LogP contribution in [0.1, 0.15) is 5.56 Å². The predicted molar refractivity (Wildman–Crippen MR) is 220 cm³/mol. The van der Waals surface area contributed by atoms with Gasteiger partial charge in [0.1, 0.15) is 96.7 Å². The molecule has 364 valence electrons. The zero-order valence-corrected chi connectivity index (χ0v) is 35.0. The molecule has 0 radical (unpaired) electrons. The molecule has 0 spiro atoms. The minimum atomic E-state index is -1.98. The van der Waals surface area contributed by atoms with Crippen molar-refractivity contribution < 1.29 is 119 Å². The van der Waals surface area contributed by atoms with Crippen molar-refractivity contribution in [2.24, 2.45) is 0 Å². The molecule has 1 aromatic heterocycles. The molecule has 24 nitrogen and oxygen atoms in total. The van der Waals surface area contributed by atoms with Gasteiger partial charge in [0.25, 0.3) is 0 Å². The van der Waals surface area contributed by atoms with Crippen LogP contribution in [0.25, 0.3) is 28.4 Å². The van der Waals surface area contributed by atoms with Crippen LogP contribution < -0.4 is 18.9 Å². The van der Waals surface area contributed by atoms with Crippen molar-refractivity contribution in [3.05, 3.63) is 66.2 Å². The number of aliphatic hydroxyl groups is 11. The van der Waals surface area contributed by atoms with Crippen LogP contribution in [-0.2, 0) is 23.7 Å². The number of esters is 1. The molecule has 3 aromatic carbocycles. The first-order valence-electron chi connectivity index (χ1n) is 20.4. The first kappa shape index (κ1) is 49.2. The number of ether oxygens (including phenoxy) is 8. The SMILES string of the molecule is COc1cc(/C=C/C(=O)OC[C@H]2O[C@@H](Oc3cc4c(O[C@@H]5O[C@H](CO)[C@@H](O)[C@H](O)[C@H]5O)cc(O)cc4[o+]c3-c3ccc(O)c(O)c3)[C@H](O)[C@@H](O)[C@@H]2O)ccc1O[C@@H]1O[C@H](CO)[C@@H](O)[C@H](O)[C@H]1O. The highest BCUT2D eigenvalue weighted by atomic mass is 16.7. The van der Waals surface area contributed by atoms with Gasteiger partial charge in [-0.2, -0.15) is 0 Å². The molecule has 0 amide bonds. The highest BCUT2D eigenvalue weighted by Crippen LogP contribution is 2.43. The monoisotopic (exact) mass is 949 g/mol. The molecule has 3 aliphatic heterocycles. The van der Waals surface area contributed by atoms with Gasteiger partial charge in [0.05, 0.1) is 32.0 Å². The lowest BCUT2D eigenvalue weighted by Crippen LogP contribution is -2.60. The van der Waals surface area contributed by atoms with Gasteiger partial charge in [0.15, 0.2) is 23.0 Å². The summed E-state index contributed by atoms with van der Waals surface area (Å²) in [6, 6.07) is 11.2. The van der Waals surface area contributed by atoms with Crippen LogP contribution in [0.4, 0.5) is 0 Å². The quantitative estimate of drug-likeness (QED) is 0.0265. The summed E-state index contributed by atoms with van der Waals surface area (Å²) < 4.78 is 50.9. The first-order valence-corrected chi connectivity index (χ1v) is 20.4. The Morgan fingerprint density at radius 2 is 1.15 bits per heavy atom. The Bertz CT molecular complexity index is 2390. The van der Waals surface area contributed by atoms with Crippen molar-refractivity contribution in [1.29, 1.82) is 0 Å². The van der Waals surface area contributed by atoms with Gasteiger partial charge < -0.3 is 109 Å². The van der Waals surface area contributed by atoms with E-state index in [0.717, 1.165) is 30.3 Å². The third-order valence-corrected chi connectivity index (χ3v) is 11.1. The Morgan fingerprint density at radius 3 is 1.72 bits per heavy atom. The Hall–Kier alpha value is -5.68. The molecule has 4 aromatic rings. The van der Waals surface area contributed by atoms with Gasteiger partial charge in [-0.25, -0.2) is 9.21 Å². The lowest BCUT2D eigenvalue weighted by molar-refractivity contribution is -0.278. The minimum absolute atomic E-state index is 0.0272. The maximum atomic E-state index is 12.9. The molecule has 7 rings (SSSR count). The molecule has 0 unspecified atom stereocenters. The maximum absolute atomic E-state index is 12.9. The maximum Gasteiger partial charge on any atom is 0.402 e. The number of hydrogen-bond acceptors (Lipinski definition) is 23. The summed E-state index contributed by atoms with van der Waals surface area (Å²) in [4.78, 5) is 12.9. The van der Waals surface area contributed by atoms with Gasteiger partial charge in [0.2, 0.25) is 24.6 Å². The van der Waals surface area contributed by atoms with Gasteiger partial charge in [0, 0.05) is 24.3 Å². The van der Waals surface area contributed by atoms with Crippen LogP contribution in [0.5, 0.6) is 40.2 Å². The van der Waals surface area contributed by atoms with E-state index in [0.29, 0.717) is 5.56 Å². The number of carbonyl (C=O) groups is 1. The van der Waals surface area contributed by atoms with Crippen LogP contribution in [0, 0.1) is 0 Å². The number of aromatic hydroxyl groups is 3.